The highest BCUT2D eigenvalue weighted by molar-refractivity contribution is 8.14. The third kappa shape index (κ3) is 5.47. The van der Waals surface area contributed by atoms with E-state index in [0.29, 0.717) is 10.9 Å². The summed E-state index contributed by atoms with van der Waals surface area (Å²) >= 11 is 1.33. The Bertz CT molecular complexity index is 1080. The van der Waals surface area contributed by atoms with Gasteiger partial charge in [-0.1, -0.05) is 30.0 Å². The summed E-state index contributed by atoms with van der Waals surface area (Å²) in [5.41, 5.74) is 4.12. The summed E-state index contributed by atoms with van der Waals surface area (Å²) in [6, 6.07) is 13.5. The molecule has 0 unspecified atom stereocenters. The molecule has 4 rings (SSSR count). The van der Waals surface area contributed by atoms with Crippen LogP contribution in [0.3, 0.4) is 0 Å². The van der Waals surface area contributed by atoms with E-state index in [1.165, 1.54) is 18.2 Å². The van der Waals surface area contributed by atoms with E-state index in [0.717, 1.165) is 54.1 Å². The Hall–Kier alpha value is -3.06. The van der Waals surface area contributed by atoms with Crippen molar-refractivity contribution in [3.05, 3.63) is 64.9 Å². The number of likely N-dealkylation sites (tertiary alicyclic amines) is 1. The molecule has 2 heterocycles. The number of amides is 2. The molecule has 7 heteroatoms. The number of ether oxygens (including phenoxy) is 1. The van der Waals surface area contributed by atoms with Crippen LogP contribution < -0.4 is 9.64 Å². The van der Waals surface area contributed by atoms with Crippen LogP contribution >= 0.6 is 11.8 Å². The average Bonchev–Trinajstić information content (AvgIpc) is 3.12. The van der Waals surface area contributed by atoms with Crippen molar-refractivity contribution < 1.29 is 14.3 Å². The number of aliphatic imine (C=N–C) groups is 1. The van der Waals surface area contributed by atoms with Gasteiger partial charge < -0.3 is 9.64 Å². The minimum atomic E-state index is -0.191. The summed E-state index contributed by atoms with van der Waals surface area (Å²) in [5, 5.41) is 0.537. The Morgan fingerprint density at radius 3 is 2.36 bits per heavy atom. The number of piperidine rings is 1. The second-order valence-electron chi connectivity index (χ2n) is 8.41. The number of thioether (sulfide) groups is 1. The zero-order valence-electron chi connectivity index (χ0n) is 19.3. The number of hydrogen-bond acceptors (Lipinski definition) is 5. The lowest BCUT2D eigenvalue weighted by Gasteiger charge is -2.27. The Labute approximate surface area is 199 Å². The van der Waals surface area contributed by atoms with E-state index in [1.54, 1.807) is 18.1 Å². The summed E-state index contributed by atoms with van der Waals surface area (Å²) in [4.78, 5) is 34.4. The number of methoxy groups -OCH3 is 1. The number of aryl methyl sites for hydroxylation is 2. The van der Waals surface area contributed by atoms with Gasteiger partial charge in [-0.2, -0.15) is 0 Å². The third-order valence-electron chi connectivity index (χ3n) is 5.75. The first-order chi connectivity index (χ1) is 15.9. The average molecular weight is 464 g/mol. The predicted octanol–water partition coefficient (Wildman–Crippen LogP) is 4.80. The van der Waals surface area contributed by atoms with Gasteiger partial charge in [-0.3, -0.25) is 14.5 Å². The molecule has 0 bridgehead atoms. The molecule has 0 saturated carbocycles. The smallest absolute Gasteiger partial charge is 0.283 e. The van der Waals surface area contributed by atoms with Gasteiger partial charge in [0.05, 0.1) is 18.6 Å². The van der Waals surface area contributed by atoms with Crippen molar-refractivity contribution in [3.8, 4) is 5.75 Å². The molecule has 2 aliphatic rings. The molecular formula is C26H29N3O3S. The SMILES string of the molecule is COc1ccc(/C=C2\N=C(SCC(=O)N3CCCCC3)N(c3cc(C)cc(C)c3)C2=O)cc1. The van der Waals surface area contributed by atoms with Crippen LogP contribution in [0.25, 0.3) is 6.08 Å². The molecular weight excluding hydrogens is 434 g/mol. The highest BCUT2D eigenvalue weighted by atomic mass is 32.2. The molecule has 0 radical (unpaired) electrons. The maximum Gasteiger partial charge on any atom is 0.283 e. The lowest BCUT2D eigenvalue weighted by Crippen LogP contribution is -2.38. The predicted molar refractivity (Wildman–Crippen MR) is 135 cm³/mol. The molecule has 1 saturated heterocycles. The van der Waals surface area contributed by atoms with Gasteiger partial charge in [0.25, 0.3) is 5.91 Å². The molecule has 172 valence electrons. The fraction of sp³-hybridized carbons (Fsp3) is 0.346. The van der Waals surface area contributed by atoms with Crippen molar-refractivity contribution in [1.82, 2.24) is 4.90 Å². The minimum Gasteiger partial charge on any atom is -0.497 e. The van der Waals surface area contributed by atoms with Gasteiger partial charge in [-0.25, -0.2) is 4.99 Å². The van der Waals surface area contributed by atoms with Crippen LogP contribution in [0.4, 0.5) is 5.69 Å². The molecule has 0 atom stereocenters. The van der Waals surface area contributed by atoms with Crippen LogP contribution in [0.15, 0.2) is 53.2 Å². The fourth-order valence-electron chi connectivity index (χ4n) is 4.12. The van der Waals surface area contributed by atoms with E-state index in [2.05, 4.69) is 11.1 Å². The van der Waals surface area contributed by atoms with Crippen LogP contribution in [0, 0.1) is 13.8 Å². The Balaban J connectivity index is 1.61. The van der Waals surface area contributed by atoms with E-state index in [9.17, 15) is 9.59 Å². The van der Waals surface area contributed by atoms with Gasteiger partial charge in [0.2, 0.25) is 5.91 Å². The van der Waals surface area contributed by atoms with Gasteiger partial charge in [0.15, 0.2) is 5.17 Å². The van der Waals surface area contributed by atoms with Crippen LogP contribution in [0.5, 0.6) is 5.75 Å². The number of amidine groups is 1. The zero-order valence-corrected chi connectivity index (χ0v) is 20.2. The van der Waals surface area contributed by atoms with E-state index in [4.69, 9.17) is 4.74 Å². The summed E-state index contributed by atoms with van der Waals surface area (Å²) < 4.78 is 5.22. The standard InChI is InChI=1S/C26H29N3O3S/c1-18-13-19(2)15-21(14-18)29-25(31)23(16-20-7-9-22(32-3)10-8-20)27-26(29)33-17-24(30)28-11-5-4-6-12-28/h7-10,13-16H,4-6,11-12,17H2,1-3H3/b23-16-. The maximum atomic E-state index is 13.4. The van der Waals surface area contributed by atoms with E-state index < -0.39 is 0 Å². The van der Waals surface area contributed by atoms with E-state index >= 15 is 0 Å². The first-order valence-electron chi connectivity index (χ1n) is 11.2. The van der Waals surface area contributed by atoms with Crippen molar-refractivity contribution in [1.29, 1.82) is 0 Å². The molecule has 0 spiro atoms. The number of carbonyl (C=O) groups excluding carboxylic acids is 2. The number of nitrogens with zero attached hydrogens (tertiary/aromatic N) is 3. The molecule has 0 aromatic heterocycles. The first-order valence-corrected chi connectivity index (χ1v) is 12.2. The fourth-order valence-corrected chi connectivity index (χ4v) is 5.03. The van der Waals surface area contributed by atoms with Gasteiger partial charge >= 0.3 is 0 Å². The molecule has 2 aliphatic heterocycles. The molecule has 6 nitrogen and oxygen atoms in total. The van der Waals surface area contributed by atoms with Gasteiger partial charge in [0.1, 0.15) is 11.4 Å². The summed E-state index contributed by atoms with van der Waals surface area (Å²) in [7, 11) is 1.62. The topological polar surface area (TPSA) is 62.2 Å². The molecule has 0 aliphatic carbocycles. The highest BCUT2D eigenvalue weighted by Crippen LogP contribution is 2.31. The number of hydrogen-bond donors (Lipinski definition) is 0. The van der Waals surface area contributed by atoms with Crippen molar-refractivity contribution in [2.75, 3.05) is 30.9 Å². The van der Waals surface area contributed by atoms with Gasteiger partial charge in [0, 0.05) is 13.1 Å². The number of rotatable bonds is 5. The van der Waals surface area contributed by atoms with Gasteiger partial charge in [-0.15, -0.1) is 0 Å². The van der Waals surface area contributed by atoms with Crippen LogP contribution in [0.2, 0.25) is 0 Å². The zero-order chi connectivity index (χ0) is 23.4. The Kier molecular flexibility index (Phi) is 7.18. The van der Waals surface area contributed by atoms with E-state index in [-0.39, 0.29) is 17.6 Å². The van der Waals surface area contributed by atoms with Crippen LogP contribution in [-0.2, 0) is 9.59 Å². The van der Waals surface area contributed by atoms with Crippen molar-refractivity contribution in [3.63, 3.8) is 0 Å². The first kappa shape index (κ1) is 23.1. The molecule has 2 amide bonds. The number of benzene rings is 2. The molecule has 2 aromatic rings. The second kappa shape index (κ2) is 10.3. The quantitative estimate of drug-likeness (QED) is 0.598. The molecule has 1 fully saturated rings. The van der Waals surface area contributed by atoms with Crippen molar-refractivity contribution in [2.24, 2.45) is 4.99 Å². The third-order valence-corrected chi connectivity index (χ3v) is 6.67. The molecule has 0 N–H and O–H groups in total. The number of anilines is 1. The van der Waals surface area contributed by atoms with Crippen LogP contribution in [0.1, 0.15) is 36.0 Å². The summed E-state index contributed by atoms with van der Waals surface area (Å²) in [6.45, 7) is 5.65. The Morgan fingerprint density at radius 1 is 1.06 bits per heavy atom. The minimum absolute atomic E-state index is 0.0998. The molecule has 33 heavy (non-hydrogen) atoms. The summed E-state index contributed by atoms with van der Waals surface area (Å²) in [5.74, 6) is 0.928. The largest absolute Gasteiger partial charge is 0.497 e. The molecule has 2 aromatic carbocycles. The lowest BCUT2D eigenvalue weighted by molar-refractivity contribution is -0.129. The Morgan fingerprint density at radius 2 is 1.73 bits per heavy atom. The number of carbonyl (C=O) groups is 2. The van der Waals surface area contributed by atoms with Crippen LogP contribution in [-0.4, -0.2) is 47.8 Å². The maximum absolute atomic E-state index is 13.4. The van der Waals surface area contributed by atoms with Gasteiger partial charge in [-0.05, 0) is 80.1 Å². The van der Waals surface area contributed by atoms with E-state index in [1.807, 2.05) is 55.1 Å². The van der Waals surface area contributed by atoms with Crippen molar-refractivity contribution in [2.45, 2.75) is 33.1 Å². The second-order valence-corrected chi connectivity index (χ2v) is 9.36. The van der Waals surface area contributed by atoms with Crippen molar-refractivity contribution >= 4 is 40.5 Å². The monoisotopic (exact) mass is 463 g/mol. The lowest BCUT2D eigenvalue weighted by atomic mass is 10.1. The summed E-state index contributed by atoms with van der Waals surface area (Å²) in [6.07, 6.45) is 5.06. The normalized spacial score (nSPS) is 17.5. The highest BCUT2D eigenvalue weighted by Gasteiger charge is 2.33.